The van der Waals surface area contributed by atoms with Gasteiger partial charge in [-0.1, -0.05) is 6.07 Å². The highest BCUT2D eigenvalue weighted by Gasteiger charge is 2.29. The molecule has 0 fully saturated rings. The van der Waals surface area contributed by atoms with Crippen LogP contribution in [0.25, 0.3) is 0 Å². The van der Waals surface area contributed by atoms with Gasteiger partial charge in [0.15, 0.2) is 0 Å². The normalized spacial score (nSPS) is 12.1. The standard InChI is InChI=1S/C10H15NO4S2/c1-8(2)11(7-9(12)15-3)17(13,14)10-5-4-6-16-10/h4-6,8H,7H2,1-3H3. The maximum Gasteiger partial charge on any atom is 0.321 e. The third kappa shape index (κ3) is 3.27. The fourth-order valence-electron chi connectivity index (χ4n) is 1.26. The van der Waals surface area contributed by atoms with E-state index in [1.807, 2.05) is 0 Å². The van der Waals surface area contributed by atoms with Crippen LogP contribution in [0.3, 0.4) is 0 Å². The first kappa shape index (κ1) is 14.1. The second-order valence-corrected chi connectivity index (χ2v) is 6.72. The zero-order valence-corrected chi connectivity index (χ0v) is 11.5. The molecular formula is C10H15NO4S2. The monoisotopic (exact) mass is 277 g/mol. The lowest BCUT2D eigenvalue weighted by Crippen LogP contribution is -2.40. The number of carbonyl (C=O) groups is 1. The number of ether oxygens (including phenoxy) is 1. The van der Waals surface area contributed by atoms with Gasteiger partial charge in [0, 0.05) is 6.04 Å². The summed E-state index contributed by atoms with van der Waals surface area (Å²) in [5, 5.41) is 1.68. The topological polar surface area (TPSA) is 63.7 Å². The Balaban J connectivity index is 3.03. The van der Waals surface area contributed by atoms with Crippen molar-refractivity contribution in [3.63, 3.8) is 0 Å². The molecule has 1 aromatic heterocycles. The Hall–Kier alpha value is -0.920. The van der Waals surface area contributed by atoms with Gasteiger partial charge in [-0.3, -0.25) is 4.79 Å². The Kier molecular flexibility index (Phi) is 4.67. The second-order valence-electron chi connectivity index (χ2n) is 3.65. The SMILES string of the molecule is COC(=O)CN(C(C)C)S(=O)(=O)c1cccs1. The molecule has 17 heavy (non-hydrogen) atoms. The molecule has 1 aromatic rings. The summed E-state index contributed by atoms with van der Waals surface area (Å²) in [4.78, 5) is 11.2. The van der Waals surface area contributed by atoms with E-state index in [4.69, 9.17) is 0 Å². The van der Waals surface area contributed by atoms with Gasteiger partial charge in [0.2, 0.25) is 0 Å². The Morgan fingerprint density at radius 1 is 1.53 bits per heavy atom. The molecule has 0 aromatic carbocycles. The van der Waals surface area contributed by atoms with Crippen molar-refractivity contribution in [3.05, 3.63) is 17.5 Å². The zero-order chi connectivity index (χ0) is 13.1. The van der Waals surface area contributed by atoms with Crippen molar-refractivity contribution in [1.29, 1.82) is 0 Å². The summed E-state index contributed by atoms with van der Waals surface area (Å²) >= 11 is 1.13. The molecule has 0 spiro atoms. The van der Waals surface area contributed by atoms with Gasteiger partial charge in [0.25, 0.3) is 10.0 Å². The fourth-order valence-corrected chi connectivity index (χ4v) is 3.96. The lowest BCUT2D eigenvalue weighted by Gasteiger charge is -2.23. The molecule has 0 radical (unpaired) electrons. The third-order valence-corrected chi connectivity index (χ3v) is 5.54. The molecular weight excluding hydrogens is 262 g/mol. The number of hydrogen-bond donors (Lipinski definition) is 0. The van der Waals surface area contributed by atoms with Crippen molar-refractivity contribution < 1.29 is 17.9 Å². The Bertz CT molecular complexity index is 465. The molecule has 0 unspecified atom stereocenters. The summed E-state index contributed by atoms with van der Waals surface area (Å²) < 4.78 is 30.3. The van der Waals surface area contributed by atoms with Crippen LogP contribution in [0.15, 0.2) is 21.7 Å². The van der Waals surface area contributed by atoms with Crippen LogP contribution in [0.2, 0.25) is 0 Å². The molecule has 7 heteroatoms. The maximum absolute atomic E-state index is 12.2. The molecule has 0 saturated carbocycles. The molecule has 0 aliphatic carbocycles. The van der Waals surface area contributed by atoms with E-state index in [2.05, 4.69) is 4.74 Å². The largest absolute Gasteiger partial charge is 0.468 e. The van der Waals surface area contributed by atoms with E-state index in [1.54, 1.807) is 25.3 Å². The highest BCUT2D eigenvalue weighted by molar-refractivity contribution is 7.91. The summed E-state index contributed by atoms with van der Waals surface area (Å²) in [6.07, 6.45) is 0. The number of rotatable bonds is 5. The molecule has 0 aliphatic rings. The Morgan fingerprint density at radius 2 is 2.18 bits per heavy atom. The number of nitrogens with zero attached hydrogens (tertiary/aromatic N) is 1. The Morgan fingerprint density at radius 3 is 2.59 bits per heavy atom. The van der Waals surface area contributed by atoms with Gasteiger partial charge in [0.1, 0.15) is 10.8 Å². The van der Waals surface area contributed by atoms with Crippen LogP contribution in [0.1, 0.15) is 13.8 Å². The average molecular weight is 277 g/mol. The lowest BCUT2D eigenvalue weighted by atomic mass is 10.4. The first-order valence-electron chi connectivity index (χ1n) is 5.01. The Labute approximate surface area is 105 Å². The molecule has 0 aliphatic heterocycles. The van der Waals surface area contributed by atoms with Crippen LogP contribution in [0.5, 0.6) is 0 Å². The molecule has 96 valence electrons. The molecule has 0 N–H and O–H groups in total. The van der Waals surface area contributed by atoms with Crippen molar-refractivity contribution >= 4 is 27.3 Å². The van der Waals surface area contributed by atoms with E-state index in [0.717, 1.165) is 15.6 Å². The van der Waals surface area contributed by atoms with Crippen LogP contribution in [0, 0.1) is 0 Å². The minimum atomic E-state index is -3.61. The van der Waals surface area contributed by atoms with E-state index in [-0.39, 0.29) is 16.8 Å². The van der Waals surface area contributed by atoms with E-state index < -0.39 is 16.0 Å². The first-order valence-corrected chi connectivity index (χ1v) is 7.33. The minimum Gasteiger partial charge on any atom is -0.468 e. The fraction of sp³-hybridized carbons (Fsp3) is 0.500. The summed E-state index contributed by atoms with van der Waals surface area (Å²) in [6.45, 7) is 3.16. The number of esters is 1. The van der Waals surface area contributed by atoms with Crippen LogP contribution < -0.4 is 0 Å². The molecule has 0 atom stereocenters. The van der Waals surface area contributed by atoms with Crippen molar-refractivity contribution in [2.45, 2.75) is 24.1 Å². The second kappa shape index (κ2) is 5.61. The van der Waals surface area contributed by atoms with Crippen LogP contribution in [-0.4, -0.2) is 38.4 Å². The van der Waals surface area contributed by atoms with Gasteiger partial charge in [-0.2, -0.15) is 4.31 Å². The molecule has 1 rings (SSSR count). The smallest absolute Gasteiger partial charge is 0.321 e. The number of hydrogen-bond acceptors (Lipinski definition) is 5. The predicted octanol–water partition coefficient (Wildman–Crippen LogP) is 1.32. The first-order chi connectivity index (χ1) is 7.89. The zero-order valence-electron chi connectivity index (χ0n) is 9.91. The van der Waals surface area contributed by atoms with Gasteiger partial charge in [0.05, 0.1) is 7.11 Å². The van der Waals surface area contributed by atoms with Crippen LogP contribution in [-0.2, 0) is 19.6 Å². The van der Waals surface area contributed by atoms with Gasteiger partial charge >= 0.3 is 5.97 Å². The van der Waals surface area contributed by atoms with Crippen LogP contribution in [0.4, 0.5) is 0 Å². The molecule has 5 nitrogen and oxygen atoms in total. The average Bonchev–Trinajstić information content (AvgIpc) is 2.78. The van der Waals surface area contributed by atoms with Crippen molar-refractivity contribution in [2.75, 3.05) is 13.7 Å². The summed E-state index contributed by atoms with van der Waals surface area (Å²) in [5.74, 6) is -0.571. The lowest BCUT2D eigenvalue weighted by molar-refractivity contribution is -0.141. The van der Waals surface area contributed by atoms with E-state index >= 15 is 0 Å². The van der Waals surface area contributed by atoms with Crippen molar-refractivity contribution in [3.8, 4) is 0 Å². The summed E-state index contributed by atoms with van der Waals surface area (Å²) in [6, 6.07) is 2.88. The van der Waals surface area contributed by atoms with Gasteiger partial charge in [-0.05, 0) is 25.3 Å². The molecule has 0 bridgehead atoms. The number of sulfonamides is 1. The van der Waals surface area contributed by atoms with Crippen molar-refractivity contribution in [2.24, 2.45) is 0 Å². The van der Waals surface area contributed by atoms with E-state index in [1.165, 1.54) is 13.2 Å². The van der Waals surface area contributed by atoms with Gasteiger partial charge in [-0.25, -0.2) is 8.42 Å². The molecule has 0 saturated heterocycles. The van der Waals surface area contributed by atoms with E-state index in [9.17, 15) is 13.2 Å². The highest BCUT2D eigenvalue weighted by atomic mass is 32.2. The molecule has 0 amide bonds. The highest BCUT2D eigenvalue weighted by Crippen LogP contribution is 2.22. The maximum atomic E-state index is 12.2. The number of methoxy groups -OCH3 is 1. The quantitative estimate of drug-likeness (QED) is 0.761. The third-order valence-electron chi connectivity index (χ3n) is 2.15. The number of carbonyl (C=O) groups excluding carboxylic acids is 1. The van der Waals surface area contributed by atoms with Gasteiger partial charge < -0.3 is 4.74 Å². The molecule has 1 heterocycles. The van der Waals surface area contributed by atoms with Gasteiger partial charge in [-0.15, -0.1) is 11.3 Å². The van der Waals surface area contributed by atoms with E-state index in [0.29, 0.717) is 0 Å². The predicted molar refractivity (Wildman–Crippen MR) is 65.4 cm³/mol. The summed E-state index contributed by atoms with van der Waals surface area (Å²) in [7, 11) is -2.38. The van der Waals surface area contributed by atoms with Crippen LogP contribution >= 0.6 is 11.3 Å². The number of thiophene rings is 1. The summed E-state index contributed by atoms with van der Waals surface area (Å²) in [5.41, 5.74) is 0. The minimum absolute atomic E-state index is 0.232. The van der Waals surface area contributed by atoms with Crippen molar-refractivity contribution in [1.82, 2.24) is 4.31 Å².